The van der Waals surface area contributed by atoms with Gasteiger partial charge in [0, 0.05) is 55.1 Å². The monoisotopic (exact) mass is 376 g/mol. The lowest BCUT2D eigenvalue weighted by molar-refractivity contribution is 0.0696. The van der Waals surface area contributed by atoms with E-state index >= 15 is 0 Å². The molecule has 144 valence electrons. The summed E-state index contributed by atoms with van der Waals surface area (Å²) in [5, 5.41) is 7.39. The average Bonchev–Trinajstić information content (AvgIpc) is 3.45. The van der Waals surface area contributed by atoms with Crippen LogP contribution in [0.2, 0.25) is 0 Å². The van der Waals surface area contributed by atoms with Gasteiger partial charge in [-0.3, -0.25) is 14.9 Å². The maximum Gasteiger partial charge on any atom is 0.274 e. The minimum absolute atomic E-state index is 0.0643. The molecule has 2 aliphatic rings. The topological polar surface area (TPSA) is 79.7 Å². The fraction of sp³-hybridized carbons (Fsp3) is 0.429. The van der Waals surface area contributed by atoms with Gasteiger partial charge < -0.3 is 9.47 Å². The lowest BCUT2D eigenvalue weighted by Crippen LogP contribution is -2.40. The van der Waals surface area contributed by atoms with Gasteiger partial charge in [0.1, 0.15) is 5.82 Å². The number of pyridine rings is 1. The van der Waals surface area contributed by atoms with Crippen molar-refractivity contribution in [1.29, 1.82) is 0 Å². The number of aromatic nitrogens is 5. The van der Waals surface area contributed by atoms with Crippen LogP contribution in [0.4, 0.5) is 0 Å². The molecule has 1 amide bonds. The van der Waals surface area contributed by atoms with Crippen molar-refractivity contribution >= 4 is 5.91 Å². The molecule has 1 saturated heterocycles. The average molecular weight is 376 g/mol. The second-order valence-corrected chi connectivity index (χ2v) is 7.75. The lowest BCUT2D eigenvalue weighted by atomic mass is 9.96. The van der Waals surface area contributed by atoms with Crippen LogP contribution in [0.15, 0.2) is 36.9 Å². The highest BCUT2D eigenvalue weighted by molar-refractivity contribution is 5.94. The van der Waals surface area contributed by atoms with E-state index < -0.39 is 0 Å². The molecule has 0 aromatic carbocycles. The number of nitrogens with zero attached hydrogens (tertiary/aromatic N) is 5. The molecule has 0 saturated carbocycles. The smallest absolute Gasteiger partial charge is 0.274 e. The zero-order valence-corrected chi connectivity index (χ0v) is 15.8. The summed E-state index contributed by atoms with van der Waals surface area (Å²) in [6.45, 7) is 2.24. The third-order valence-corrected chi connectivity index (χ3v) is 5.91. The van der Waals surface area contributed by atoms with E-state index in [4.69, 9.17) is 0 Å². The van der Waals surface area contributed by atoms with Crippen molar-refractivity contribution in [2.75, 3.05) is 13.1 Å². The van der Waals surface area contributed by atoms with Crippen LogP contribution < -0.4 is 0 Å². The number of aromatic amines is 1. The number of aryl methyl sites for hydroxylation is 1. The highest BCUT2D eigenvalue weighted by Crippen LogP contribution is 2.29. The predicted octanol–water partition coefficient (Wildman–Crippen LogP) is 2.56. The first-order valence-corrected chi connectivity index (χ1v) is 10.0. The number of piperidine rings is 1. The van der Waals surface area contributed by atoms with E-state index in [1.807, 2.05) is 29.6 Å². The van der Waals surface area contributed by atoms with Gasteiger partial charge in [0.2, 0.25) is 0 Å². The van der Waals surface area contributed by atoms with Crippen LogP contribution in [0, 0.1) is 0 Å². The van der Waals surface area contributed by atoms with E-state index in [1.54, 1.807) is 6.20 Å². The molecule has 3 aromatic heterocycles. The number of likely N-dealkylation sites (tertiary alicyclic amines) is 1. The Hall–Kier alpha value is -2.96. The largest absolute Gasteiger partial charge is 0.337 e. The number of hydrogen-bond acceptors (Lipinski definition) is 4. The number of imidazole rings is 1. The second kappa shape index (κ2) is 7.22. The van der Waals surface area contributed by atoms with Crippen LogP contribution in [0.5, 0.6) is 0 Å². The summed E-state index contributed by atoms with van der Waals surface area (Å²) in [7, 11) is 0. The number of carbonyl (C=O) groups excluding carboxylic acids is 1. The summed E-state index contributed by atoms with van der Waals surface area (Å²) in [6, 6.07) is 4.03. The maximum absolute atomic E-state index is 13.1. The fourth-order valence-electron chi connectivity index (χ4n) is 4.52. The summed E-state index contributed by atoms with van der Waals surface area (Å²) in [5.74, 6) is 1.36. The van der Waals surface area contributed by atoms with Crippen molar-refractivity contribution < 1.29 is 4.79 Å². The van der Waals surface area contributed by atoms with Gasteiger partial charge in [0.25, 0.3) is 5.91 Å². The Labute approximate surface area is 163 Å². The van der Waals surface area contributed by atoms with E-state index in [-0.39, 0.29) is 11.8 Å². The lowest BCUT2D eigenvalue weighted by Gasteiger charge is -2.32. The van der Waals surface area contributed by atoms with Gasteiger partial charge in [-0.25, -0.2) is 4.98 Å². The summed E-state index contributed by atoms with van der Waals surface area (Å²) < 4.78 is 2.18. The number of rotatable bonds is 4. The molecule has 7 nitrogen and oxygen atoms in total. The van der Waals surface area contributed by atoms with Crippen LogP contribution in [-0.2, 0) is 19.4 Å². The molecule has 1 fully saturated rings. The molecule has 3 aromatic rings. The van der Waals surface area contributed by atoms with Crippen molar-refractivity contribution in [2.45, 2.75) is 44.6 Å². The van der Waals surface area contributed by atoms with Crippen molar-refractivity contribution in [3.05, 3.63) is 65.3 Å². The van der Waals surface area contributed by atoms with Gasteiger partial charge in [-0.2, -0.15) is 5.10 Å². The Balaban J connectivity index is 1.34. The Bertz CT molecular complexity index is 976. The Kier molecular flexibility index (Phi) is 4.43. The van der Waals surface area contributed by atoms with Gasteiger partial charge in [-0.1, -0.05) is 6.07 Å². The third kappa shape index (κ3) is 3.10. The molecule has 1 aliphatic heterocycles. The Morgan fingerprint density at radius 1 is 1.25 bits per heavy atom. The van der Waals surface area contributed by atoms with Gasteiger partial charge >= 0.3 is 0 Å². The minimum atomic E-state index is 0.0643. The molecule has 4 heterocycles. The molecule has 0 unspecified atom stereocenters. The van der Waals surface area contributed by atoms with Gasteiger partial charge in [-0.05, 0) is 43.7 Å². The number of fused-ring (bicyclic) bond motifs is 1. The maximum atomic E-state index is 13.1. The van der Waals surface area contributed by atoms with Crippen LogP contribution in [0.3, 0.4) is 0 Å². The van der Waals surface area contributed by atoms with Crippen molar-refractivity contribution in [3.63, 3.8) is 0 Å². The van der Waals surface area contributed by atoms with E-state index in [2.05, 4.69) is 30.8 Å². The summed E-state index contributed by atoms with van der Waals surface area (Å²) in [5.41, 5.74) is 4.05. The minimum Gasteiger partial charge on any atom is -0.337 e. The summed E-state index contributed by atoms with van der Waals surface area (Å²) in [4.78, 5) is 23.9. The highest BCUT2D eigenvalue weighted by atomic mass is 16.2. The summed E-state index contributed by atoms with van der Waals surface area (Å²) >= 11 is 0. The molecular formula is C21H24N6O. The first kappa shape index (κ1) is 17.2. The van der Waals surface area contributed by atoms with E-state index in [0.717, 1.165) is 67.8 Å². The van der Waals surface area contributed by atoms with E-state index in [1.165, 1.54) is 0 Å². The quantitative estimate of drug-likeness (QED) is 0.759. The number of nitrogens with one attached hydrogen (secondary N) is 1. The molecule has 1 atom stereocenters. The summed E-state index contributed by atoms with van der Waals surface area (Å²) in [6.07, 6.45) is 12.7. The normalized spacial score (nSPS) is 19.0. The first-order valence-electron chi connectivity index (χ1n) is 10.0. The molecule has 1 aliphatic carbocycles. The van der Waals surface area contributed by atoms with Crippen molar-refractivity contribution in [2.24, 2.45) is 0 Å². The van der Waals surface area contributed by atoms with E-state index in [0.29, 0.717) is 12.2 Å². The predicted molar refractivity (Wildman–Crippen MR) is 104 cm³/mol. The van der Waals surface area contributed by atoms with E-state index in [9.17, 15) is 4.79 Å². The molecule has 7 heteroatoms. The Morgan fingerprint density at radius 2 is 2.21 bits per heavy atom. The van der Waals surface area contributed by atoms with Crippen molar-refractivity contribution in [3.8, 4) is 0 Å². The molecule has 0 radical (unpaired) electrons. The first-order chi connectivity index (χ1) is 13.8. The molecule has 5 rings (SSSR count). The molecule has 1 N–H and O–H groups in total. The van der Waals surface area contributed by atoms with Crippen LogP contribution in [0.25, 0.3) is 0 Å². The van der Waals surface area contributed by atoms with Gasteiger partial charge in [0.15, 0.2) is 5.69 Å². The van der Waals surface area contributed by atoms with Crippen molar-refractivity contribution in [1.82, 2.24) is 29.6 Å². The molecule has 0 bridgehead atoms. The van der Waals surface area contributed by atoms with Crippen LogP contribution >= 0.6 is 0 Å². The fourth-order valence-corrected chi connectivity index (χ4v) is 4.52. The Morgan fingerprint density at radius 3 is 3.11 bits per heavy atom. The highest BCUT2D eigenvalue weighted by Gasteiger charge is 2.31. The second-order valence-electron chi connectivity index (χ2n) is 7.75. The third-order valence-electron chi connectivity index (χ3n) is 5.91. The van der Waals surface area contributed by atoms with Gasteiger partial charge in [-0.15, -0.1) is 0 Å². The molecular weight excluding hydrogens is 352 g/mol. The number of hydrogen-bond donors (Lipinski definition) is 1. The molecule has 0 spiro atoms. The number of carbonyl (C=O) groups is 1. The number of amides is 1. The number of H-pyrrole nitrogens is 1. The van der Waals surface area contributed by atoms with Crippen LogP contribution in [0.1, 0.15) is 58.3 Å². The zero-order valence-electron chi connectivity index (χ0n) is 15.8. The standard InChI is InChI=1S/C21H24N6O/c28-21(19-17-6-1-7-18(17)24-25-19)27-10-3-5-16(14-27)20-23-9-11-26(20)13-15-4-2-8-22-12-15/h2,4,8-9,11-12,16H,1,3,5-7,10,13-14H2,(H,24,25)/t16-/m0/s1. The van der Waals surface area contributed by atoms with Crippen LogP contribution in [-0.4, -0.2) is 48.6 Å². The molecule has 28 heavy (non-hydrogen) atoms. The van der Waals surface area contributed by atoms with Gasteiger partial charge in [0.05, 0.1) is 6.54 Å². The zero-order chi connectivity index (χ0) is 18.9. The SMILES string of the molecule is O=C(c1n[nH]c2c1CCC2)N1CCC[C@H](c2nccn2Cc2cccnc2)C1.